The molecule has 0 radical (unpaired) electrons. The van der Waals surface area contributed by atoms with Crippen molar-refractivity contribution >= 4 is 23.2 Å². The van der Waals surface area contributed by atoms with Gasteiger partial charge in [0.2, 0.25) is 5.91 Å². The molecule has 0 bridgehead atoms. The standard InChI is InChI=1S/C16H16N2O2S/c17-15(19)12-6-7-18(9-12)16(20)14-8-13(10-21-14)11-4-2-1-3-5-11/h1-5,8,10,12H,6-7,9H2,(H2,17,19)/t12-/m0/s1. The van der Waals surface area contributed by atoms with Crippen LogP contribution in [-0.2, 0) is 4.79 Å². The van der Waals surface area contributed by atoms with Crippen molar-refractivity contribution in [2.24, 2.45) is 11.7 Å². The number of benzene rings is 1. The van der Waals surface area contributed by atoms with Crippen LogP contribution in [-0.4, -0.2) is 29.8 Å². The molecule has 1 aliphatic heterocycles. The summed E-state index contributed by atoms with van der Waals surface area (Å²) < 4.78 is 0. The van der Waals surface area contributed by atoms with Gasteiger partial charge in [0.25, 0.3) is 5.91 Å². The summed E-state index contributed by atoms with van der Waals surface area (Å²) in [5, 5.41) is 1.99. The maximum atomic E-state index is 12.4. The Morgan fingerprint density at radius 3 is 2.62 bits per heavy atom. The molecule has 2 N–H and O–H groups in total. The molecule has 108 valence electrons. The van der Waals surface area contributed by atoms with Crippen LogP contribution in [0, 0.1) is 5.92 Å². The van der Waals surface area contributed by atoms with Crippen molar-refractivity contribution in [1.82, 2.24) is 4.90 Å². The number of thiophene rings is 1. The number of primary amides is 1. The molecule has 0 aliphatic carbocycles. The van der Waals surface area contributed by atoms with Gasteiger partial charge in [-0.2, -0.15) is 0 Å². The highest BCUT2D eigenvalue weighted by Crippen LogP contribution is 2.27. The van der Waals surface area contributed by atoms with Crippen LogP contribution in [0.15, 0.2) is 41.8 Å². The molecule has 0 spiro atoms. The van der Waals surface area contributed by atoms with Crippen molar-refractivity contribution in [1.29, 1.82) is 0 Å². The second-order valence-corrected chi connectivity index (χ2v) is 6.12. The van der Waals surface area contributed by atoms with Crippen molar-refractivity contribution < 1.29 is 9.59 Å². The summed E-state index contributed by atoms with van der Waals surface area (Å²) in [4.78, 5) is 26.1. The average molecular weight is 300 g/mol. The zero-order chi connectivity index (χ0) is 14.8. The summed E-state index contributed by atoms with van der Waals surface area (Å²) in [6.07, 6.45) is 0.665. The molecule has 1 saturated heterocycles. The molecule has 2 amide bonds. The number of hydrogen-bond acceptors (Lipinski definition) is 3. The van der Waals surface area contributed by atoms with Crippen LogP contribution in [0.5, 0.6) is 0 Å². The number of nitrogens with two attached hydrogens (primary N) is 1. The molecule has 5 heteroatoms. The lowest BCUT2D eigenvalue weighted by Crippen LogP contribution is -2.31. The minimum Gasteiger partial charge on any atom is -0.369 e. The van der Waals surface area contributed by atoms with Gasteiger partial charge in [-0.25, -0.2) is 0 Å². The Kier molecular flexibility index (Phi) is 3.75. The van der Waals surface area contributed by atoms with Crippen LogP contribution < -0.4 is 5.73 Å². The minimum absolute atomic E-state index is 0.00840. The molecule has 1 atom stereocenters. The van der Waals surface area contributed by atoms with E-state index in [-0.39, 0.29) is 17.7 Å². The molecular weight excluding hydrogens is 284 g/mol. The SMILES string of the molecule is NC(=O)[C@H]1CCN(C(=O)c2cc(-c3ccccc3)cs2)C1. The molecule has 1 aromatic heterocycles. The lowest BCUT2D eigenvalue weighted by molar-refractivity contribution is -0.121. The fourth-order valence-electron chi connectivity index (χ4n) is 2.56. The maximum Gasteiger partial charge on any atom is 0.263 e. The van der Waals surface area contributed by atoms with Gasteiger partial charge in [0.15, 0.2) is 0 Å². The second kappa shape index (κ2) is 5.69. The summed E-state index contributed by atoms with van der Waals surface area (Å²) in [5.74, 6) is -0.533. The first-order valence-electron chi connectivity index (χ1n) is 6.87. The number of likely N-dealkylation sites (tertiary alicyclic amines) is 1. The van der Waals surface area contributed by atoms with E-state index in [2.05, 4.69) is 0 Å². The zero-order valence-electron chi connectivity index (χ0n) is 11.5. The summed E-state index contributed by atoms with van der Waals surface area (Å²) >= 11 is 1.44. The predicted molar refractivity (Wildman–Crippen MR) is 83.0 cm³/mol. The highest BCUT2D eigenvalue weighted by atomic mass is 32.1. The van der Waals surface area contributed by atoms with Crippen LogP contribution >= 0.6 is 11.3 Å². The fraction of sp³-hybridized carbons (Fsp3) is 0.250. The van der Waals surface area contributed by atoms with Crippen molar-refractivity contribution in [3.8, 4) is 11.1 Å². The molecule has 3 rings (SSSR count). The Morgan fingerprint density at radius 2 is 1.95 bits per heavy atom. The van der Waals surface area contributed by atoms with Crippen molar-refractivity contribution in [3.63, 3.8) is 0 Å². The van der Waals surface area contributed by atoms with Crippen molar-refractivity contribution in [2.45, 2.75) is 6.42 Å². The molecule has 0 unspecified atom stereocenters. The van der Waals surface area contributed by atoms with E-state index in [4.69, 9.17) is 5.73 Å². The van der Waals surface area contributed by atoms with Crippen molar-refractivity contribution in [2.75, 3.05) is 13.1 Å². The molecule has 0 saturated carbocycles. The van der Waals surface area contributed by atoms with Gasteiger partial charge in [-0.15, -0.1) is 11.3 Å². The highest BCUT2D eigenvalue weighted by Gasteiger charge is 2.30. The number of amides is 2. The molecule has 2 aromatic rings. The molecule has 1 fully saturated rings. The first-order valence-corrected chi connectivity index (χ1v) is 7.75. The Balaban J connectivity index is 1.75. The molecule has 1 aliphatic rings. The van der Waals surface area contributed by atoms with Crippen LogP contribution in [0.2, 0.25) is 0 Å². The Morgan fingerprint density at radius 1 is 1.19 bits per heavy atom. The van der Waals surface area contributed by atoms with Crippen molar-refractivity contribution in [3.05, 3.63) is 46.7 Å². The second-order valence-electron chi connectivity index (χ2n) is 5.20. The van der Waals surface area contributed by atoms with Gasteiger partial charge < -0.3 is 10.6 Å². The third-order valence-electron chi connectivity index (χ3n) is 3.80. The molecule has 1 aromatic carbocycles. The quantitative estimate of drug-likeness (QED) is 0.945. The molecule has 4 nitrogen and oxygen atoms in total. The van der Waals surface area contributed by atoms with E-state index < -0.39 is 0 Å². The van der Waals surface area contributed by atoms with Crippen LogP contribution in [0.1, 0.15) is 16.1 Å². The Labute approximate surface area is 127 Å². The van der Waals surface area contributed by atoms with E-state index in [0.717, 1.165) is 11.1 Å². The van der Waals surface area contributed by atoms with Gasteiger partial charge in [-0.05, 0) is 29.0 Å². The lowest BCUT2D eigenvalue weighted by Gasteiger charge is -2.14. The number of rotatable bonds is 3. The van der Waals surface area contributed by atoms with Gasteiger partial charge in [0, 0.05) is 13.1 Å². The van der Waals surface area contributed by atoms with Crippen LogP contribution in [0.25, 0.3) is 11.1 Å². The normalized spacial score (nSPS) is 17.9. The van der Waals surface area contributed by atoms with E-state index in [0.29, 0.717) is 24.4 Å². The summed E-state index contributed by atoms with van der Waals surface area (Å²) in [6.45, 7) is 1.04. The zero-order valence-corrected chi connectivity index (χ0v) is 12.3. The topological polar surface area (TPSA) is 63.4 Å². The van der Waals surface area contributed by atoms with Gasteiger partial charge in [-0.3, -0.25) is 9.59 Å². The van der Waals surface area contributed by atoms with E-state index in [1.54, 1.807) is 4.90 Å². The average Bonchev–Trinajstić information content (AvgIpc) is 3.17. The molecular formula is C16H16N2O2S. The number of carbonyl (C=O) groups excluding carboxylic acids is 2. The monoisotopic (exact) mass is 300 g/mol. The lowest BCUT2D eigenvalue weighted by atomic mass is 10.1. The first-order chi connectivity index (χ1) is 10.1. The minimum atomic E-state index is -0.318. The van der Waals surface area contributed by atoms with E-state index in [1.807, 2.05) is 41.8 Å². The Bertz CT molecular complexity index is 666. The van der Waals surface area contributed by atoms with Gasteiger partial charge in [0.1, 0.15) is 0 Å². The first kappa shape index (κ1) is 13.8. The fourth-order valence-corrected chi connectivity index (χ4v) is 3.45. The van der Waals surface area contributed by atoms with Gasteiger partial charge in [0.05, 0.1) is 10.8 Å². The van der Waals surface area contributed by atoms with Gasteiger partial charge in [-0.1, -0.05) is 30.3 Å². The van der Waals surface area contributed by atoms with Gasteiger partial charge >= 0.3 is 0 Å². The largest absolute Gasteiger partial charge is 0.369 e. The summed E-state index contributed by atoms with van der Waals surface area (Å²) in [6, 6.07) is 11.9. The number of hydrogen-bond donors (Lipinski definition) is 1. The van der Waals surface area contributed by atoms with Crippen LogP contribution in [0.4, 0.5) is 0 Å². The number of nitrogens with zero attached hydrogens (tertiary/aromatic N) is 1. The van der Waals surface area contributed by atoms with Crippen LogP contribution in [0.3, 0.4) is 0 Å². The molecule has 21 heavy (non-hydrogen) atoms. The summed E-state index contributed by atoms with van der Waals surface area (Å²) in [7, 11) is 0. The highest BCUT2D eigenvalue weighted by molar-refractivity contribution is 7.12. The van der Waals surface area contributed by atoms with E-state index in [1.165, 1.54) is 11.3 Å². The summed E-state index contributed by atoms with van der Waals surface area (Å²) in [5.41, 5.74) is 7.46. The molecule has 2 heterocycles. The smallest absolute Gasteiger partial charge is 0.263 e. The Hall–Kier alpha value is -2.14. The maximum absolute atomic E-state index is 12.4. The predicted octanol–water partition coefficient (Wildman–Crippen LogP) is 2.36. The van der Waals surface area contributed by atoms with E-state index in [9.17, 15) is 9.59 Å². The number of carbonyl (C=O) groups is 2. The van der Waals surface area contributed by atoms with E-state index >= 15 is 0 Å². The third-order valence-corrected chi connectivity index (χ3v) is 4.71. The third kappa shape index (κ3) is 2.83.